The molecule has 0 N–H and O–H groups in total. The molecule has 0 bridgehead atoms. The van der Waals surface area contributed by atoms with Gasteiger partial charge in [0, 0.05) is 37.0 Å². The van der Waals surface area contributed by atoms with Gasteiger partial charge in [0.15, 0.2) is 0 Å². The van der Waals surface area contributed by atoms with Gasteiger partial charge in [0.25, 0.3) is 0 Å². The highest BCUT2D eigenvalue weighted by Gasteiger charge is 2.35. The van der Waals surface area contributed by atoms with Crippen LogP contribution in [0, 0.1) is 0 Å². The highest BCUT2D eigenvalue weighted by Crippen LogP contribution is 2.27. The first-order valence-electron chi connectivity index (χ1n) is 7.83. The molecule has 0 radical (unpaired) electrons. The molecule has 3 unspecified atom stereocenters. The lowest BCUT2D eigenvalue weighted by Gasteiger charge is -2.50. The quantitative estimate of drug-likeness (QED) is 0.758. The maximum absolute atomic E-state index is 2.81. The van der Waals surface area contributed by atoms with Crippen LogP contribution in [-0.4, -0.2) is 59.1 Å². The Morgan fingerprint density at radius 1 is 1.22 bits per heavy atom. The van der Waals surface area contributed by atoms with E-state index in [1.54, 1.807) is 0 Å². The zero-order valence-corrected chi connectivity index (χ0v) is 13.2. The summed E-state index contributed by atoms with van der Waals surface area (Å²) < 4.78 is 0. The zero-order valence-electron chi connectivity index (χ0n) is 12.4. The fraction of sp³-hybridized carbons (Fsp3) is 1.00. The van der Waals surface area contributed by atoms with Gasteiger partial charge in [0.05, 0.1) is 0 Å². The molecule has 2 heterocycles. The van der Waals surface area contributed by atoms with Crippen molar-refractivity contribution in [2.45, 2.75) is 64.6 Å². The van der Waals surface area contributed by atoms with Gasteiger partial charge in [-0.25, -0.2) is 0 Å². The van der Waals surface area contributed by atoms with Crippen LogP contribution in [0.15, 0.2) is 0 Å². The van der Waals surface area contributed by atoms with Gasteiger partial charge >= 0.3 is 0 Å². The largest absolute Gasteiger partial charge is 0.298 e. The molecule has 2 fully saturated rings. The van der Waals surface area contributed by atoms with Crippen LogP contribution >= 0.6 is 11.8 Å². The second-order valence-corrected chi connectivity index (χ2v) is 7.23. The summed E-state index contributed by atoms with van der Waals surface area (Å²) in [4.78, 5) is 5.59. The Morgan fingerprint density at radius 3 is 2.78 bits per heavy atom. The van der Waals surface area contributed by atoms with E-state index in [9.17, 15) is 0 Å². The summed E-state index contributed by atoms with van der Waals surface area (Å²) in [6.07, 6.45) is 5.61. The number of hydrogen-bond acceptors (Lipinski definition) is 3. The number of thioether (sulfide) groups is 1. The van der Waals surface area contributed by atoms with Crippen molar-refractivity contribution in [3.8, 4) is 0 Å². The van der Waals surface area contributed by atoms with Crippen LogP contribution in [0.2, 0.25) is 0 Å². The summed E-state index contributed by atoms with van der Waals surface area (Å²) in [6, 6.07) is 2.41. The fourth-order valence-corrected chi connectivity index (χ4v) is 4.33. The molecule has 3 atom stereocenters. The lowest BCUT2D eigenvalue weighted by Crippen LogP contribution is -2.61. The van der Waals surface area contributed by atoms with Crippen molar-refractivity contribution < 1.29 is 0 Å². The number of nitrogens with zero attached hydrogens (tertiary/aromatic N) is 2. The van der Waals surface area contributed by atoms with Crippen molar-refractivity contribution >= 4 is 11.8 Å². The third kappa shape index (κ3) is 3.43. The molecule has 0 amide bonds. The number of piperazine rings is 1. The Morgan fingerprint density at radius 2 is 2.06 bits per heavy atom. The summed E-state index contributed by atoms with van der Waals surface area (Å²) in [5, 5.41) is 0. The maximum atomic E-state index is 2.81. The Kier molecular flexibility index (Phi) is 5.84. The van der Waals surface area contributed by atoms with E-state index in [0.29, 0.717) is 0 Å². The molecule has 18 heavy (non-hydrogen) atoms. The van der Waals surface area contributed by atoms with Gasteiger partial charge in [-0.15, -0.1) is 0 Å². The standard InChI is InChI=1S/C15H30N2S/c1-4-14-10-16-9-7-6-8-15(16)11-17(14)13(3)12-18-5-2/h13-15H,4-12H2,1-3H3. The molecule has 3 heteroatoms. The first-order valence-corrected chi connectivity index (χ1v) is 8.99. The van der Waals surface area contributed by atoms with E-state index in [2.05, 4.69) is 42.3 Å². The molecule has 2 saturated heterocycles. The average Bonchev–Trinajstić information content (AvgIpc) is 2.43. The van der Waals surface area contributed by atoms with Crippen molar-refractivity contribution in [1.29, 1.82) is 0 Å². The lowest BCUT2D eigenvalue weighted by atomic mass is 9.95. The van der Waals surface area contributed by atoms with Crippen molar-refractivity contribution in [3.63, 3.8) is 0 Å². The van der Waals surface area contributed by atoms with E-state index in [1.165, 1.54) is 56.8 Å². The summed E-state index contributed by atoms with van der Waals surface area (Å²) in [7, 11) is 0. The van der Waals surface area contributed by atoms with E-state index >= 15 is 0 Å². The molecule has 0 aliphatic carbocycles. The zero-order chi connectivity index (χ0) is 13.0. The molecule has 2 rings (SSSR count). The minimum Gasteiger partial charge on any atom is -0.298 e. The summed E-state index contributed by atoms with van der Waals surface area (Å²) in [5.74, 6) is 2.56. The van der Waals surface area contributed by atoms with Crippen molar-refractivity contribution in [2.75, 3.05) is 31.1 Å². The SMILES string of the molecule is CCSCC(C)N1CC2CCCCN2CC1CC. The topological polar surface area (TPSA) is 6.48 Å². The molecule has 2 nitrogen and oxygen atoms in total. The Labute approximate surface area is 117 Å². The van der Waals surface area contributed by atoms with Crippen LogP contribution < -0.4 is 0 Å². The Balaban J connectivity index is 1.94. The molecule has 0 spiro atoms. The van der Waals surface area contributed by atoms with Gasteiger partial charge in [-0.2, -0.15) is 11.8 Å². The molecule has 2 aliphatic rings. The van der Waals surface area contributed by atoms with Gasteiger partial charge in [-0.05, 0) is 38.5 Å². The predicted octanol–water partition coefficient (Wildman–Crippen LogP) is 3.08. The molecule has 0 aromatic carbocycles. The van der Waals surface area contributed by atoms with Crippen molar-refractivity contribution in [2.24, 2.45) is 0 Å². The third-order valence-corrected chi connectivity index (χ3v) is 5.81. The molecule has 106 valence electrons. The van der Waals surface area contributed by atoms with Gasteiger partial charge < -0.3 is 0 Å². The molecular weight excluding hydrogens is 240 g/mol. The maximum Gasteiger partial charge on any atom is 0.0224 e. The first kappa shape index (κ1) is 14.7. The van der Waals surface area contributed by atoms with Gasteiger partial charge in [-0.3, -0.25) is 9.80 Å². The van der Waals surface area contributed by atoms with Gasteiger partial charge in [0.1, 0.15) is 0 Å². The number of hydrogen-bond donors (Lipinski definition) is 0. The smallest absolute Gasteiger partial charge is 0.0224 e. The van der Waals surface area contributed by atoms with Gasteiger partial charge in [-0.1, -0.05) is 20.3 Å². The molecule has 0 saturated carbocycles. The monoisotopic (exact) mass is 270 g/mol. The Hall–Kier alpha value is 0.270. The van der Waals surface area contributed by atoms with Crippen molar-refractivity contribution in [1.82, 2.24) is 9.80 Å². The summed E-state index contributed by atoms with van der Waals surface area (Å²) in [6.45, 7) is 11.1. The summed E-state index contributed by atoms with van der Waals surface area (Å²) >= 11 is 2.10. The Bertz CT molecular complexity index is 247. The van der Waals surface area contributed by atoms with Crippen LogP contribution in [0.4, 0.5) is 0 Å². The highest BCUT2D eigenvalue weighted by molar-refractivity contribution is 7.99. The minimum atomic E-state index is 0.754. The van der Waals surface area contributed by atoms with Crippen LogP contribution in [0.1, 0.15) is 46.5 Å². The normalized spacial score (nSPS) is 32.2. The second kappa shape index (κ2) is 7.16. The van der Waals surface area contributed by atoms with E-state index in [4.69, 9.17) is 0 Å². The van der Waals surface area contributed by atoms with E-state index in [1.807, 2.05) is 0 Å². The van der Waals surface area contributed by atoms with Crippen molar-refractivity contribution in [3.05, 3.63) is 0 Å². The number of piperidine rings is 1. The fourth-order valence-electron chi connectivity index (χ4n) is 3.56. The number of rotatable bonds is 5. The van der Waals surface area contributed by atoms with Gasteiger partial charge in [0.2, 0.25) is 0 Å². The molecule has 0 aromatic heterocycles. The summed E-state index contributed by atoms with van der Waals surface area (Å²) in [5.41, 5.74) is 0. The van der Waals surface area contributed by atoms with E-state index < -0.39 is 0 Å². The number of fused-ring (bicyclic) bond motifs is 1. The van der Waals surface area contributed by atoms with Crippen LogP contribution in [0.25, 0.3) is 0 Å². The molecule has 2 aliphatic heterocycles. The van der Waals surface area contributed by atoms with Crippen LogP contribution in [0.5, 0.6) is 0 Å². The third-order valence-electron chi connectivity index (χ3n) is 4.69. The van der Waals surface area contributed by atoms with Crippen LogP contribution in [0.3, 0.4) is 0 Å². The average molecular weight is 270 g/mol. The minimum absolute atomic E-state index is 0.754. The lowest BCUT2D eigenvalue weighted by molar-refractivity contribution is -0.00705. The highest BCUT2D eigenvalue weighted by atomic mass is 32.2. The molecule has 0 aromatic rings. The van der Waals surface area contributed by atoms with E-state index in [0.717, 1.165) is 18.1 Å². The predicted molar refractivity (Wildman–Crippen MR) is 82.5 cm³/mol. The molecular formula is C15H30N2S. The first-order chi connectivity index (χ1) is 8.76. The second-order valence-electron chi connectivity index (χ2n) is 5.91. The van der Waals surface area contributed by atoms with Crippen LogP contribution in [-0.2, 0) is 0 Å². The van der Waals surface area contributed by atoms with E-state index in [-0.39, 0.29) is 0 Å².